The molecule has 1 amide bonds. The lowest BCUT2D eigenvalue weighted by Crippen LogP contribution is -2.56. The minimum Gasteiger partial charge on any atom is -0.493 e. The summed E-state index contributed by atoms with van der Waals surface area (Å²) in [6, 6.07) is 5.65. The Morgan fingerprint density at radius 1 is 1.03 bits per heavy atom. The van der Waals surface area contributed by atoms with Crippen LogP contribution < -0.4 is 9.47 Å². The molecule has 0 N–H and O–H groups in total. The molecule has 1 aromatic carbocycles. The number of methoxy groups -OCH3 is 1. The Bertz CT molecular complexity index is 946. The normalized spacial score (nSPS) is 25.4. The van der Waals surface area contributed by atoms with Crippen LogP contribution in [0.2, 0.25) is 0 Å². The third kappa shape index (κ3) is 4.52. The van der Waals surface area contributed by atoms with E-state index in [1.807, 2.05) is 18.2 Å². The average molecular weight is 470 g/mol. The summed E-state index contributed by atoms with van der Waals surface area (Å²) >= 11 is 0. The van der Waals surface area contributed by atoms with Crippen LogP contribution in [-0.4, -0.2) is 78.7 Å². The van der Waals surface area contributed by atoms with Gasteiger partial charge in [-0.1, -0.05) is 5.16 Å². The molecule has 184 valence electrons. The van der Waals surface area contributed by atoms with Gasteiger partial charge in [-0.05, 0) is 82.7 Å². The van der Waals surface area contributed by atoms with Gasteiger partial charge in [0.05, 0.1) is 31.9 Å². The van der Waals surface area contributed by atoms with Crippen molar-refractivity contribution in [2.75, 3.05) is 39.8 Å². The van der Waals surface area contributed by atoms with Gasteiger partial charge in [-0.25, -0.2) is 0 Å². The number of hydrogen-bond donors (Lipinski definition) is 0. The lowest BCUT2D eigenvalue weighted by molar-refractivity contribution is -0.163. The van der Waals surface area contributed by atoms with Crippen LogP contribution in [0, 0.1) is 0 Å². The van der Waals surface area contributed by atoms with Crippen molar-refractivity contribution < 1.29 is 23.9 Å². The maximum Gasteiger partial charge on any atom is 0.279 e. The average Bonchev–Trinajstić information content (AvgIpc) is 3.66. The first-order valence-corrected chi connectivity index (χ1v) is 12.7. The van der Waals surface area contributed by atoms with Crippen molar-refractivity contribution in [3.05, 3.63) is 23.8 Å². The molecule has 3 aliphatic heterocycles. The molecule has 3 fully saturated rings. The molecular weight excluding hydrogens is 434 g/mol. The van der Waals surface area contributed by atoms with E-state index >= 15 is 0 Å². The Morgan fingerprint density at radius 2 is 1.74 bits per heavy atom. The zero-order valence-electron chi connectivity index (χ0n) is 20.1. The second-order valence-corrected chi connectivity index (χ2v) is 9.93. The maximum atomic E-state index is 13.6. The molecule has 0 radical (unpaired) electrons. The smallest absolute Gasteiger partial charge is 0.279 e. The Labute approximate surface area is 201 Å². The highest BCUT2D eigenvalue weighted by Gasteiger charge is 2.55. The van der Waals surface area contributed by atoms with Crippen molar-refractivity contribution in [3.8, 4) is 11.5 Å². The summed E-state index contributed by atoms with van der Waals surface area (Å²) in [5, 5.41) is 4.31. The fraction of sp³-hybridized carbons (Fsp3) is 0.654. The summed E-state index contributed by atoms with van der Waals surface area (Å²) in [6.07, 6.45) is 8.82. The maximum absolute atomic E-state index is 13.6. The zero-order valence-corrected chi connectivity index (χ0v) is 20.1. The molecule has 0 spiro atoms. The van der Waals surface area contributed by atoms with Gasteiger partial charge in [0.2, 0.25) is 5.78 Å². The molecule has 2 saturated heterocycles. The molecule has 8 nitrogen and oxygen atoms in total. The first kappa shape index (κ1) is 23.1. The molecule has 1 saturated carbocycles. The fourth-order valence-corrected chi connectivity index (χ4v) is 5.55. The van der Waals surface area contributed by atoms with E-state index in [0.29, 0.717) is 30.3 Å². The van der Waals surface area contributed by atoms with Gasteiger partial charge in [-0.3, -0.25) is 14.5 Å². The number of benzene rings is 1. The van der Waals surface area contributed by atoms with Gasteiger partial charge >= 0.3 is 0 Å². The molecular formula is C26H35N3O5. The Hall–Kier alpha value is -2.61. The van der Waals surface area contributed by atoms with Crippen LogP contribution in [0.4, 0.5) is 0 Å². The van der Waals surface area contributed by atoms with E-state index in [-0.39, 0.29) is 30.8 Å². The van der Waals surface area contributed by atoms with Crippen LogP contribution in [0.5, 0.6) is 11.5 Å². The number of amides is 1. The minimum absolute atomic E-state index is 0.143. The molecule has 1 unspecified atom stereocenters. The number of carbonyl (C=O) groups is 2. The predicted molar refractivity (Wildman–Crippen MR) is 127 cm³/mol. The van der Waals surface area contributed by atoms with Crippen LogP contribution >= 0.6 is 0 Å². The number of Topliss-reactive ketones (excluding diaryl/α,β-unsaturated/α-hetero) is 1. The molecule has 4 aliphatic rings. The molecule has 34 heavy (non-hydrogen) atoms. The molecule has 1 aromatic rings. The van der Waals surface area contributed by atoms with Crippen LogP contribution in [0.25, 0.3) is 0 Å². The van der Waals surface area contributed by atoms with Crippen LogP contribution in [0.3, 0.4) is 0 Å². The number of hydrogen-bond acceptors (Lipinski definition) is 7. The van der Waals surface area contributed by atoms with E-state index in [9.17, 15) is 9.59 Å². The van der Waals surface area contributed by atoms with Crippen molar-refractivity contribution in [1.29, 1.82) is 0 Å². The van der Waals surface area contributed by atoms with Gasteiger partial charge in [0.15, 0.2) is 11.5 Å². The summed E-state index contributed by atoms with van der Waals surface area (Å²) in [7, 11) is 1.63. The molecule has 0 aromatic heterocycles. The molecule has 3 heterocycles. The Balaban J connectivity index is 1.39. The number of ketones is 1. The molecule has 0 bridgehead atoms. The fourth-order valence-electron chi connectivity index (χ4n) is 5.55. The first-order valence-electron chi connectivity index (χ1n) is 12.7. The summed E-state index contributed by atoms with van der Waals surface area (Å²) in [6.45, 7) is 3.32. The van der Waals surface area contributed by atoms with Crippen LogP contribution in [0.1, 0.15) is 63.4 Å². The summed E-state index contributed by atoms with van der Waals surface area (Å²) in [5.74, 6) is 0.894. The number of ether oxygens (including phenoxy) is 2. The highest BCUT2D eigenvalue weighted by Crippen LogP contribution is 2.36. The molecule has 1 atom stereocenters. The third-order valence-electron chi connectivity index (χ3n) is 7.58. The zero-order chi connectivity index (χ0) is 23.5. The first-order chi connectivity index (χ1) is 16.6. The van der Waals surface area contributed by atoms with Gasteiger partial charge < -0.3 is 19.2 Å². The Kier molecular flexibility index (Phi) is 6.77. The van der Waals surface area contributed by atoms with Crippen molar-refractivity contribution >= 4 is 17.4 Å². The minimum atomic E-state index is -1.57. The summed E-state index contributed by atoms with van der Waals surface area (Å²) in [4.78, 5) is 36.9. The molecule has 1 aliphatic carbocycles. The monoisotopic (exact) mass is 469 g/mol. The van der Waals surface area contributed by atoms with Gasteiger partial charge in [-0.2, -0.15) is 0 Å². The highest BCUT2D eigenvalue weighted by atomic mass is 16.7. The second-order valence-electron chi connectivity index (χ2n) is 9.93. The van der Waals surface area contributed by atoms with Crippen molar-refractivity contribution in [2.45, 2.75) is 69.5 Å². The number of oxime groups is 1. The number of likely N-dealkylation sites (tertiary alicyclic amines) is 2. The third-order valence-corrected chi connectivity index (χ3v) is 7.58. The standard InChI is InChI=1S/C26H35N3O5/c1-32-22-11-10-19(16-23(22)33-20-8-2-3-9-20)21-17-26(34-27-21,25(31)29-14-6-7-15-29)24(30)18-28-12-4-5-13-28/h10-11,16,20H,2-9,12-15,17-18H2,1H3. The summed E-state index contributed by atoms with van der Waals surface area (Å²) in [5.41, 5.74) is -0.186. The Morgan fingerprint density at radius 3 is 2.44 bits per heavy atom. The van der Waals surface area contributed by atoms with E-state index in [2.05, 4.69) is 10.1 Å². The van der Waals surface area contributed by atoms with Gasteiger partial charge in [0, 0.05) is 18.7 Å². The highest BCUT2D eigenvalue weighted by molar-refractivity contribution is 6.17. The SMILES string of the molecule is COc1ccc(C2=NOC(C(=O)CN3CCCC3)(C(=O)N3CCCC3)C2)cc1OC1CCCC1. The number of rotatable bonds is 8. The van der Waals surface area contributed by atoms with E-state index in [0.717, 1.165) is 57.2 Å². The molecule has 8 heteroatoms. The summed E-state index contributed by atoms with van der Waals surface area (Å²) < 4.78 is 11.8. The van der Waals surface area contributed by atoms with Crippen LogP contribution in [0.15, 0.2) is 23.4 Å². The van der Waals surface area contributed by atoms with Gasteiger partial charge in [-0.15, -0.1) is 0 Å². The van der Waals surface area contributed by atoms with Crippen molar-refractivity contribution in [1.82, 2.24) is 9.80 Å². The van der Waals surface area contributed by atoms with Gasteiger partial charge in [0.25, 0.3) is 11.5 Å². The largest absolute Gasteiger partial charge is 0.493 e. The predicted octanol–water partition coefficient (Wildman–Crippen LogP) is 3.17. The second kappa shape index (κ2) is 9.94. The van der Waals surface area contributed by atoms with Gasteiger partial charge in [0.1, 0.15) is 0 Å². The van der Waals surface area contributed by atoms with E-state index < -0.39 is 5.60 Å². The number of nitrogens with zero attached hydrogens (tertiary/aromatic N) is 3. The molecule has 5 rings (SSSR count). The van der Waals surface area contributed by atoms with E-state index in [1.54, 1.807) is 12.0 Å². The lowest BCUT2D eigenvalue weighted by Gasteiger charge is -2.30. The van der Waals surface area contributed by atoms with Crippen LogP contribution in [-0.2, 0) is 14.4 Å². The van der Waals surface area contributed by atoms with E-state index in [1.165, 1.54) is 12.8 Å². The van der Waals surface area contributed by atoms with Crippen molar-refractivity contribution in [2.24, 2.45) is 5.16 Å². The quantitative estimate of drug-likeness (QED) is 0.544. The van der Waals surface area contributed by atoms with E-state index in [4.69, 9.17) is 14.3 Å². The number of carbonyl (C=O) groups excluding carboxylic acids is 2. The van der Waals surface area contributed by atoms with Crippen molar-refractivity contribution in [3.63, 3.8) is 0 Å². The topological polar surface area (TPSA) is 80.7 Å². The lowest BCUT2D eigenvalue weighted by atomic mass is 9.88.